The molecule has 0 aliphatic carbocycles. The van der Waals surface area contributed by atoms with Crippen molar-refractivity contribution >= 4 is 40.9 Å². The zero-order chi connectivity index (χ0) is 17.5. The molecule has 0 bridgehead atoms. The van der Waals surface area contributed by atoms with Gasteiger partial charge in [-0.1, -0.05) is 23.7 Å². The second kappa shape index (κ2) is 8.17. The predicted octanol–water partition coefficient (Wildman–Crippen LogP) is 3.96. The van der Waals surface area contributed by atoms with Crippen LogP contribution in [0.1, 0.15) is 12.5 Å². The van der Waals surface area contributed by atoms with Crippen LogP contribution in [0.2, 0.25) is 5.02 Å². The lowest BCUT2D eigenvalue weighted by Gasteiger charge is -2.12. The topological polar surface area (TPSA) is 67.4 Å². The summed E-state index contributed by atoms with van der Waals surface area (Å²) >= 11 is 5.82. The van der Waals surface area contributed by atoms with Gasteiger partial charge in [0, 0.05) is 24.1 Å². The molecule has 2 rings (SSSR count). The van der Waals surface area contributed by atoms with Crippen molar-refractivity contribution in [3.63, 3.8) is 0 Å². The van der Waals surface area contributed by atoms with Gasteiger partial charge in [-0.2, -0.15) is 0 Å². The molecule has 0 unspecified atom stereocenters. The quantitative estimate of drug-likeness (QED) is 0.807. The fourth-order valence-electron chi connectivity index (χ4n) is 1.97. The van der Waals surface area contributed by atoms with Crippen LogP contribution in [-0.2, 0) is 9.59 Å². The summed E-state index contributed by atoms with van der Waals surface area (Å²) in [4.78, 5) is 23.4. The second-order valence-electron chi connectivity index (χ2n) is 4.97. The summed E-state index contributed by atoms with van der Waals surface area (Å²) in [5.41, 5.74) is 1.80. The van der Waals surface area contributed by atoms with E-state index < -0.39 is 0 Å². The molecule has 0 spiro atoms. The molecule has 2 N–H and O–H groups in total. The minimum atomic E-state index is -0.329. The van der Waals surface area contributed by atoms with Crippen molar-refractivity contribution in [2.75, 3.05) is 17.7 Å². The number of rotatable bonds is 5. The smallest absolute Gasteiger partial charge is 0.248 e. The van der Waals surface area contributed by atoms with Gasteiger partial charge < -0.3 is 15.4 Å². The number of carbonyl (C=O) groups excluding carboxylic acids is 2. The van der Waals surface area contributed by atoms with Crippen LogP contribution in [-0.4, -0.2) is 18.9 Å². The first-order valence-electron chi connectivity index (χ1n) is 7.18. The highest BCUT2D eigenvalue weighted by molar-refractivity contribution is 6.30. The standard InChI is InChI=1S/C18H17ClN2O3/c1-12(22)20-16-9-8-15(24-2)11-17(16)21-18(23)10-5-13-3-6-14(19)7-4-13/h3-11H,1-2H3,(H,20,22)(H,21,23)/b10-5+. The largest absolute Gasteiger partial charge is 0.497 e. The Morgan fingerprint density at radius 1 is 1.04 bits per heavy atom. The highest BCUT2D eigenvalue weighted by atomic mass is 35.5. The summed E-state index contributed by atoms with van der Waals surface area (Å²) in [6.07, 6.45) is 3.07. The molecule has 0 saturated carbocycles. The van der Waals surface area contributed by atoms with E-state index >= 15 is 0 Å². The monoisotopic (exact) mass is 344 g/mol. The van der Waals surface area contributed by atoms with Crippen LogP contribution in [0, 0.1) is 0 Å². The Balaban J connectivity index is 2.14. The third-order valence-corrected chi connectivity index (χ3v) is 3.34. The lowest BCUT2D eigenvalue weighted by Crippen LogP contribution is -2.13. The second-order valence-corrected chi connectivity index (χ2v) is 5.40. The molecule has 2 aromatic rings. The van der Waals surface area contributed by atoms with E-state index in [0.29, 0.717) is 22.1 Å². The zero-order valence-corrected chi connectivity index (χ0v) is 14.1. The molecule has 2 aromatic carbocycles. The maximum Gasteiger partial charge on any atom is 0.248 e. The summed E-state index contributed by atoms with van der Waals surface area (Å²) in [7, 11) is 1.53. The van der Waals surface area contributed by atoms with Gasteiger partial charge in [-0.05, 0) is 35.9 Å². The predicted molar refractivity (Wildman–Crippen MR) is 96.4 cm³/mol. The molecule has 0 radical (unpaired) electrons. The molecule has 24 heavy (non-hydrogen) atoms. The Hall–Kier alpha value is -2.79. The van der Waals surface area contributed by atoms with Gasteiger partial charge in [-0.25, -0.2) is 0 Å². The Labute approximate surface area is 145 Å². The molecule has 0 atom stereocenters. The van der Waals surface area contributed by atoms with Crippen molar-refractivity contribution in [3.05, 3.63) is 59.1 Å². The molecule has 0 aliphatic heterocycles. The number of benzene rings is 2. The number of anilines is 2. The number of methoxy groups -OCH3 is 1. The number of halogens is 1. The normalized spacial score (nSPS) is 10.5. The van der Waals surface area contributed by atoms with Gasteiger partial charge in [0.2, 0.25) is 11.8 Å². The number of hydrogen-bond acceptors (Lipinski definition) is 3. The van der Waals surface area contributed by atoms with Crippen molar-refractivity contribution in [1.29, 1.82) is 0 Å². The maximum atomic E-state index is 12.1. The van der Waals surface area contributed by atoms with Crippen molar-refractivity contribution in [2.45, 2.75) is 6.92 Å². The summed E-state index contributed by atoms with van der Waals surface area (Å²) in [5, 5.41) is 6.02. The number of carbonyl (C=O) groups is 2. The van der Waals surface area contributed by atoms with Gasteiger partial charge in [0.1, 0.15) is 5.75 Å². The summed E-state index contributed by atoms with van der Waals surface area (Å²) in [5.74, 6) is 0.0123. The van der Waals surface area contributed by atoms with E-state index in [0.717, 1.165) is 5.56 Å². The maximum absolute atomic E-state index is 12.1. The Kier molecular flexibility index (Phi) is 5.98. The van der Waals surface area contributed by atoms with Gasteiger partial charge in [0.05, 0.1) is 18.5 Å². The first-order valence-corrected chi connectivity index (χ1v) is 7.56. The third-order valence-electron chi connectivity index (χ3n) is 3.09. The molecule has 0 aliphatic rings. The minimum absolute atomic E-state index is 0.229. The van der Waals surface area contributed by atoms with E-state index in [1.807, 2.05) is 0 Å². The van der Waals surface area contributed by atoms with Gasteiger partial charge in [0.15, 0.2) is 0 Å². The molecular weight excluding hydrogens is 328 g/mol. The van der Waals surface area contributed by atoms with Crippen molar-refractivity contribution in [3.8, 4) is 5.75 Å². The number of hydrogen-bond donors (Lipinski definition) is 2. The number of nitrogens with one attached hydrogen (secondary N) is 2. The Bertz CT molecular complexity index is 770. The van der Waals surface area contributed by atoms with Gasteiger partial charge in [0.25, 0.3) is 0 Å². The average molecular weight is 345 g/mol. The van der Waals surface area contributed by atoms with Crippen LogP contribution in [0.4, 0.5) is 11.4 Å². The van der Waals surface area contributed by atoms with Crippen LogP contribution in [0.5, 0.6) is 5.75 Å². The molecule has 124 valence electrons. The lowest BCUT2D eigenvalue weighted by atomic mass is 10.2. The SMILES string of the molecule is COc1ccc(NC(C)=O)c(NC(=O)/C=C/c2ccc(Cl)cc2)c1. The van der Waals surface area contributed by atoms with E-state index in [1.165, 1.54) is 20.1 Å². The molecule has 0 heterocycles. The molecule has 5 nitrogen and oxygen atoms in total. The van der Waals surface area contributed by atoms with Crippen LogP contribution >= 0.6 is 11.6 Å². The minimum Gasteiger partial charge on any atom is -0.497 e. The molecule has 6 heteroatoms. The molecule has 0 fully saturated rings. The fourth-order valence-corrected chi connectivity index (χ4v) is 2.10. The number of ether oxygens (including phenoxy) is 1. The van der Waals surface area contributed by atoms with E-state index in [2.05, 4.69) is 10.6 Å². The van der Waals surface area contributed by atoms with Crippen molar-refractivity contribution < 1.29 is 14.3 Å². The van der Waals surface area contributed by atoms with E-state index in [9.17, 15) is 9.59 Å². The van der Waals surface area contributed by atoms with Crippen LogP contribution in [0.25, 0.3) is 6.08 Å². The van der Waals surface area contributed by atoms with Crippen LogP contribution in [0.15, 0.2) is 48.5 Å². The fraction of sp³-hybridized carbons (Fsp3) is 0.111. The van der Waals surface area contributed by atoms with E-state index in [1.54, 1.807) is 48.5 Å². The van der Waals surface area contributed by atoms with Crippen LogP contribution in [0.3, 0.4) is 0 Å². The molecule has 2 amide bonds. The van der Waals surface area contributed by atoms with Crippen molar-refractivity contribution in [2.24, 2.45) is 0 Å². The lowest BCUT2D eigenvalue weighted by molar-refractivity contribution is -0.114. The van der Waals surface area contributed by atoms with Gasteiger partial charge in [-0.15, -0.1) is 0 Å². The molecular formula is C18H17ClN2O3. The number of amides is 2. The summed E-state index contributed by atoms with van der Waals surface area (Å²) < 4.78 is 5.14. The molecule has 0 saturated heterocycles. The first kappa shape index (κ1) is 17.6. The highest BCUT2D eigenvalue weighted by Gasteiger charge is 2.08. The van der Waals surface area contributed by atoms with E-state index in [4.69, 9.17) is 16.3 Å². The highest BCUT2D eigenvalue weighted by Crippen LogP contribution is 2.27. The Morgan fingerprint density at radius 3 is 2.38 bits per heavy atom. The van der Waals surface area contributed by atoms with Crippen LogP contribution < -0.4 is 15.4 Å². The summed E-state index contributed by atoms with van der Waals surface area (Å²) in [6, 6.07) is 12.1. The zero-order valence-electron chi connectivity index (χ0n) is 13.3. The Morgan fingerprint density at radius 2 is 1.75 bits per heavy atom. The van der Waals surface area contributed by atoms with Gasteiger partial charge in [-0.3, -0.25) is 9.59 Å². The third kappa shape index (κ3) is 5.14. The van der Waals surface area contributed by atoms with E-state index in [-0.39, 0.29) is 11.8 Å². The van der Waals surface area contributed by atoms with Gasteiger partial charge >= 0.3 is 0 Å². The molecule has 0 aromatic heterocycles. The average Bonchev–Trinajstić information content (AvgIpc) is 2.55. The summed E-state index contributed by atoms with van der Waals surface area (Å²) in [6.45, 7) is 1.40. The first-order chi connectivity index (χ1) is 11.5. The van der Waals surface area contributed by atoms with Crippen molar-refractivity contribution in [1.82, 2.24) is 0 Å².